The fraction of sp³-hybridized carbons (Fsp3) is 0.625. The number of ether oxygens (including phenoxy) is 2. The monoisotopic (exact) mass is 265 g/mol. The smallest absolute Gasteiger partial charge is 0.161 e. The third-order valence-electron chi connectivity index (χ3n) is 3.21. The number of hydrogen-bond acceptors (Lipinski definition) is 3. The first-order valence-electron chi connectivity index (χ1n) is 7.25. The Morgan fingerprint density at radius 3 is 2.11 bits per heavy atom. The molecule has 2 unspecified atom stereocenters. The molecule has 3 heteroatoms. The lowest BCUT2D eigenvalue weighted by molar-refractivity contribution is 0.268. The third-order valence-corrected chi connectivity index (χ3v) is 3.21. The average molecular weight is 265 g/mol. The standard InChI is InChI=1S/C16H27NO2/c1-5-9-18-15-8-7-14(12(3)13(4)17)11-16(15)19-10-6-2/h7-8,11-13H,5-6,9-10,17H2,1-4H3. The molecule has 1 aromatic rings. The second-order valence-corrected chi connectivity index (χ2v) is 5.05. The molecule has 19 heavy (non-hydrogen) atoms. The summed E-state index contributed by atoms with van der Waals surface area (Å²) >= 11 is 0. The molecule has 0 radical (unpaired) electrons. The molecule has 1 aromatic carbocycles. The Labute approximate surface area is 117 Å². The third kappa shape index (κ3) is 4.75. The maximum absolute atomic E-state index is 5.96. The van der Waals surface area contributed by atoms with Gasteiger partial charge in [0.1, 0.15) is 0 Å². The number of nitrogens with two attached hydrogens (primary N) is 1. The van der Waals surface area contributed by atoms with Crippen molar-refractivity contribution < 1.29 is 9.47 Å². The van der Waals surface area contributed by atoms with E-state index >= 15 is 0 Å². The molecule has 0 aliphatic carbocycles. The molecule has 3 nitrogen and oxygen atoms in total. The van der Waals surface area contributed by atoms with Gasteiger partial charge < -0.3 is 15.2 Å². The van der Waals surface area contributed by atoms with E-state index < -0.39 is 0 Å². The molecule has 0 aliphatic heterocycles. The van der Waals surface area contributed by atoms with Gasteiger partial charge in [-0.1, -0.05) is 26.8 Å². The van der Waals surface area contributed by atoms with Crippen LogP contribution in [0.2, 0.25) is 0 Å². The number of rotatable bonds is 8. The average Bonchev–Trinajstić information content (AvgIpc) is 2.42. The molecule has 0 bridgehead atoms. The molecule has 0 saturated heterocycles. The van der Waals surface area contributed by atoms with Crippen LogP contribution < -0.4 is 15.2 Å². The van der Waals surface area contributed by atoms with Crippen molar-refractivity contribution in [2.24, 2.45) is 5.73 Å². The van der Waals surface area contributed by atoms with Gasteiger partial charge in [0.25, 0.3) is 0 Å². The molecule has 0 saturated carbocycles. The summed E-state index contributed by atoms with van der Waals surface area (Å²) < 4.78 is 11.5. The van der Waals surface area contributed by atoms with Gasteiger partial charge >= 0.3 is 0 Å². The van der Waals surface area contributed by atoms with Gasteiger partial charge in [-0.3, -0.25) is 0 Å². The van der Waals surface area contributed by atoms with Crippen LogP contribution in [0.15, 0.2) is 18.2 Å². The highest BCUT2D eigenvalue weighted by Gasteiger charge is 2.14. The quantitative estimate of drug-likeness (QED) is 0.779. The lowest BCUT2D eigenvalue weighted by atomic mass is 9.95. The van der Waals surface area contributed by atoms with Gasteiger partial charge in [-0.2, -0.15) is 0 Å². The molecule has 1 rings (SSSR count). The Bertz CT molecular complexity index is 377. The zero-order valence-corrected chi connectivity index (χ0v) is 12.6. The number of hydrogen-bond donors (Lipinski definition) is 1. The van der Waals surface area contributed by atoms with Crippen LogP contribution in [0.1, 0.15) is 52.0 Å². The van der Waals surface area contributed by atoms with E-state index in [2.05, 4.69) is 32.9 Å². The Morgan fingerprint density at radius 2 is 1.58 bits per heavy atom. The minimum absolute atomic E-state index is 0.126. The predicted molar refractivity (Wildman–Crippen MR) is 80.1 cm³/mol. The van der Waals surface area contributed by atoms with Gasteiger partial charge in [-0.05, 0) is 43.4 Å². The Balaban J connectivity index is 2.93. The highest BCUT2D eigenvalue weighted by atomic mass is 16.5. The summed E-state index contributed by atoms with van der Waals surface area (Å²) in [5.74, 6) is 1.97. The summed E-state index contributed by atoms with van der Waals surface area (Å²) in [6.07, 6.45) is 1.98. The van der Waals surface area contributed by atoms with Crippen LogP contribution in [0.4, 0.5) is 0 Å². The highest BCUT2D eigenvalue weighted by Crippen LogP contribution is 2.32. The highest BCUT2D eigenvalue weighted by molar-refractivity contribution is 5.44. The van der Waals surface area contributed by atoms with E-state index in [1.165, 1.54) is 5.56 Å². The molecule has 2 atom stereocenters. The van der Waals surface area contributed by atoms with E-state index in [0.29, 0.717) is 19.1 Å². The van der Waals surface area contributed by atoms with E-state index in [1.54, 1.807) is 0 Å². The van der Waals surface area contributed by atoms with Crippen molar-refractivity contribution in [3.63, 3.8) is 0 Å². The van der Waals surface area contributed by atoms with E-state index in [1.807, 2.05) is 13.0 Å². The van der Waals surface area contributed by atoms with Gasteiger partial charge in [0.2, 0.25) is 0 Å². The van der Waals surface area contributed by atoms with E-state index in [4.69, 9.17) is 15.2 Å². The van der Waals surface area contributed by atoms with Gasteiger partial charge in [0, 0.05) is 6.04 Å². The van der Waals surface area contributed by atoms with Crippen LogP contribution in [-0.4, -0.2) is 19.3 Å². The van der Waals surface area contributed by atoms with Crippen molar-refractivity contribution in [3.8, 4) is 11.5 Å². The van der Waals surface area contributed by atoms with Gasteiger partial charge in [0.15, 0.2) is 11.5 Å². The van der Waals surface area contributed by atoms with E-state index in [-0.39, 0.29) is 6.04 Å². The minimum Gasteiger partial charge on any atom is -0.490 e. The summed E-state index contributed by atoms with van der Waals surface area (Å²) in [5.41, 5.74) is 7.16. The van der Waals surface area contributed by atoms with E-state index in [9.17, 15) is 0 Å². The van der Waals surface area contributed by atoms with Gasteiger partial charge in [-0.25, -0.2) is 0 Å². The molecular formula is C16H27NO2. The first kappa shape index (κ1) is 15.8. The first-order chi connectivity index (χ1) is 9.10. The molecule has 0 amide bonds. The Hall–Kier alpha value is -1.22. The van der Waals surface area contributed by atoms with Crippen molar-refractivity contribution in [1.82, 2.24) is 0 Å². The first-order valence-corrected chi connectivity index (χ1v) is 7.25. The van der Waals surface area contributed by atoms with Crippen molar-refractivity contribution in [1.29, 1.82) is 0 Å². The van der Waals surface area contributed by atoms with Crippen LogP contribution in [0, 0.1) is 0 Å². The van der Waals surface area contributed by atoms with Crippen molar-refractivity contribution in [2.45, 2.75) is 52.5 Å². The zero-order chi connectivity index (χ0) is 14.3. The summed E-state index contributed by atoms with van der Waals surface area (Å²) in [4.78, 5) is 0. The largest absolute Gasteiger partial charge is 0.490 e. The minimum atomic E-state index is 0.126. The van der Waals surface area contributed by atoms with Crippen LogP contribution >= 0.6 is 0 Å². The zero-order valence-electron chi connectivity index (χ0n) is 12.6. The SMILES string of the molecule is CCCOc1ccc(C(C)C(C)N)cc1OCCC. The summed E-state index contributed by atoms with van der Waals surface area (Å²) in [6.45, 7) is 9.78. The van der Waals surface area contributed by atoms with Gasteiger partial charge in [0.05, 0.1) is 13.2 Å². The topological polar surface area (TPSA) is 44.5 Å². The molecule has 2 N–H and O–H groups in total. The molecular weight excluding hydrogens is 238 g/mol. The van der Waals surface area contributed by atoms with Crippen molar-refractivity contribution in [2.75, 3.05) is 13.2 Å². The molecule has 0 fully saturated rings. The summed E-state index contributed by atoms with van der Waals surface area (Å²) in [5, 5.41) is 0. The fourth-order valence-corrected chi connectivity index (χ4v) is 1.77. The molecule has 108 valence electrons. The lowest BCUT2D eigenvalue weighted by Gasteiger charge is -2.19. The van der Waals surface area contributed by atoms with Crippen LogP contribution in [0.25, 0.3) is 0 Å². The van der Waals surface area contributed by atoms with E-state index in [0.717, 1.165) is 24.3 Å². The molecule has 0 heterocycles. The second kappa shape index (κ2) is 8.05. The lowest BCUT2D eigenvalue weighted by Crippen LogP contribution is -2.22. The maximum Gasteiger partial charge on any atom is 0.161 e. The molecule has 0 aliphatic rings. The van der Waals surface area contributed by atoms with Gasteiger partial charge in [-0.15, -0.1) is 0 Å². The second-order valence-electron chi connectivity index (χ2n) is 5.05. The molecule has 0 aromatic heterocycles. The summed E-state index contributed by atoms with van der Waals surface area (Å²) in [7, 11) is 0. The van der Waals surface area contributed by atoms with Crippen molar-refractivity contribution >= 4 is 0 Å². The fourth-order valence-electron chi connectivity index (χ4n) is 1.77. The Morgan fingerprint density at radius 1 is 1.00 bits per heavy atom. The van der Waals surface area contributed by atoms with Crippen molar-refractivity contribution in [3.05, 3.63) is 23.8 Å². The molecule has 0 spiro atoms. The van der Waals surface area contributed by atoms with Crippen LogP contribution in [-0.2, 0) is 0 Å². The predicted octanol–water partition coefficient (Wildman–Crippen LogP) is 3.71. The number of benzene rings is 1. The Kier molecular flexibility index (Phi) is 6.71. The maximum atomic E-state index is 5.96. The van der Waals surface area contributed by atoms with Crippen LogP contribution in [0.3, 0.4) is 0 Å². The summed E-state index contributed by atoms with van der Waals surface area (Å²) in [6, 6.07) is 6.27. The van der Waals surface area contributed by atoms with Crippen LogP contribution in [0.5, 0.6) is 11.5 Å². The normalized spacial score (nSPS) is 13.9.